The lowest BCUT2D eigenvalue weighted by Gasteiger charge is -2.47. The first-order valence-electron chi connectivity index (χ1n) is 11.0. The number of hydrogen-bond donors (Lipinski definition) is 0. The zero-order chi connectivity index (χ0) is 23.4. The van der Waals surface area contributed by atoms with Crippen LogP contribution in [-0.2, 0) is 35.7 Å². The first-order valence-corrected chi connectivity index (χ1v) is 11.0. The van der Waals surface area contributed by atoms with Crippen molar-refractivity contribution in [1.29, 1.82) is 0 Å². The van der Waals surface area contributed by atoms with Crippen LogP contribution < -0.4 is 0 Å². The Labute approximate surface area is 192 Å². The molecule has 1 heterocycles. The largest absolute Gasteiger partial charge is 0.467 e. The molecule has 0 bridgehead atoms. The molecule has 0 radical (unpaired) electrons. The number of fused-ring (bicyclic) bond motifs is 2. The Hall–Kier alpha value is -3.51. The Morgan fingerprint density at radius 2 is 1.79 bits per heavy atom. The first-order chi connectivity index (χ1) is 16.0. The van der Waals surface area contributed by atoms with Crippen LogP contribution in [0.1, 0.15) is 16.7 Å². The molecule has 0 saturated carbocycles. The van der Waals surface area contributed by atoms with Crippen molar-refractivity contribution >= 4 is 23.3 Å². The van der Waals surface area contributed by atoms with Gasteiger partial charge in [-0.05, 0) is 34.6 Å². The molecule has 3 atom stereocenters. The lowest BCUT2D eigenvalue weighted by molar-refractivity contribution is -0.159. The van der Waals surface area contributed by atoms with Gasteiger partial charge in [0.05, 0.1) is 19.6 Å². The number of ketones is 1. The van der Waals surface area contributed by atoms with E-state index >= 15 is 0 Å². The van der Waals surface area contributed by atoms with Crippen LogP contribution in [0.4, 0.5) is 0 Å². The van der Waals surface area contributed by atoms with Gasteiger partial charge in [-0.15, -0.1) is 6.58 Å². The number of ether oxygens (including phenoxy) is 2. The standard InChI is InChI=1S/C27H25NO5/c1-4-14-28-16-19-15-17-10-8-9-13-20(17)22-21(24(30)32-2)23(29)27(28,25(31)33-3)26(19,22)18-11-6-5-7-12-18/h4-13,19H,1,14-16H2,2-3H3/t19-,26+,27+/m0/s1. The number of nitrogens with zero attached hydrogens (tertiary/aromatic N) is 1. The number of esters is 2. The smallest absolute Gasteiger partial charge is 0.341 e. The molecule has 168 valence electrons. The Morgan fingerprint density at radius 3 is 2.45 bits per heavy atom. The van der Waals surface area contributed by atoms with Crippen LogP contribution in [0.15, 0.2) is 72.8 Å². The molecule has 2 aliphatic carbocycles. The summed E-state index contributed by atoms with van der Waals surface area (Å²) in [5.74, 6) is -2.12. The van der Waals surface area contributed by atoms with Crippen LogP contribution in [0, 0.1) is 5.92 Å². The molecule has 1 saturated heterocycles. The highest BCUT2D eigenvalue weighted by molar-refractivity contribution is 6.37. The second kappa shape index (κ2) is 7.52. The molecule has 6 heteroatoms. The fraction of sp³-hybridized carbons (Fsp3) is 0.296. The highest BCUT2D eigenvalue weighted by Gasteiger charge is 2.79. The highest BCUT2D eigenvalue weighted by atomic mass is 16.5. The van der Waals surface area contributed by atoms with E-state index in [-0.39, 0.29) is 11.5 Å². The van der Waals surface area contributed by atoms with Crippen LogP contribution in [0.25, 0.3) is 5.57 Å². The van der Waals surface area contributed by atoms with E-state index in [1.807, 2.05) is 59.5 Å². The van der Waals surface area contributed by atoms with Gasteiger partial charge in [0.2, 0.25) is 5.78 Å². The molecule has 0 N–H and O–H groups in total. The van der Waals surface area contributed by atoms with Gasteiger partial charge >= 0.3 is 11.9 Å². The van der Waals surface area contributed by atoms with Gasteiger partial charge in [0.15, 0.2) is 5.54 Å². The zero-order valence-corrected chi connectivity index (χ0v) is 18.7. The molecule has 1 aliphatic heterocycles. The fourth-order valence-electron chi connectivity index (χ4n) is 6.54. The van der Waals surface area contributed by atoms with E-state index in [4.69, 9.17) is 9.47 Å². The third-order valence-corrected chi connectivity index (χ3v) is 7.50. The van der Waals surface area contributed by atoms with Crippen molar-refractivity contribution in [2.75, 3.05) is 27.3 Å². The first kappa shape index (κ1) is 21.3. The molecule has 6 nitrogen and oxygen atoms in total. The number of hydrogen-bond acceptors (Lipinski definition) is 6. The zero-order valence-electron chi connectivity index (χ0n) is 18.7. The summed E-state index contributed by atoms with van der Waals surface area (Å²) in [4.78, 5) is 43.2. The van der Waals surface area contributed by atoms with Crippen molar-refractivity contribution < 1.29 is 23.9 Å². The number of rotatable bonds is 5. The minimum absolute atomic E-state index is 0.0716. The summed E-state index contributed by atoms with van der Waals surface area (Å²) in [5.41, 5.74) is 0.320. The Bertz CT molecular complexity index is 1220. The summed E-state index contributed by atoms with van der Waals surface area (Å²) < 4.78 is 10.4. The lowest BCUT2D eigenvalue weighted by atomic mass is 9.54. The Balaban J connectivity index is 1.99. The van der Waals surface area contributed by atoms with E-state index in [0.29, 0.717) is 25.1 Å². The van der Waals surface area contributed by atoms with Crippen LogP contribution in [0.5, 0.6) is 0 Å². The van der Waals surface area contributed by atoms with Gasteiger partial charge < -0.3 is 9.47 Å². The highest BCUT2D eigenvalue weighted by Crippen LogP contribution is 2.67. The monoisotopic (exact) mass is 443 g/mol. The molecule has 3 aliphatic rings. The van der Waals surface area contributed by atoms with Gasteiger partial charge in [0, 0.05) is 13.1 Å². The van der Waals surface area contributed by atoms with E-state index < -0.39 is 28.7 Å². The van der Waals surface area contributed by atoms with E-state index in [1.165, 1.54) is 14.2 Å². The second-order valence-electron chi connectivity index (χ2n) is 8.70. The van der Waals surface area contributed by atoms with Gasteiger partial charge in [0.1, 0.15) is 5.57 Å². The Kier molecular flexibility index (Phi) is 4.87. The van der Waals surface area contributed by atoms with Crippen LogP contribution in [-0.4, -0.2) is 55.5 Å². The van der Waals surface area contributed by atoms with E-state index in [2.05, 4.69) is 6.58 Å². The van der Waals surface area contributed by atoms with Gasteiger partial charge in [-0.2, -0.15) is 0 Å². The van der Waals surface area contributed by atoms with Crippen molar-refractivity contribution in [1.82, 2.24) is 4.90 Å². The summed E-state index contributed by atoms with van der Waals surface area (Å²) in [7, 11) is 2.54. The summed E-state index contributed by atoms with van der Waals surface area (Å²) in [5, 5.41) is 0. The van der Waals surface area contributed by atoms with Gasteiger partial charge in [-0.3, -0.25) is 9.69 Å². The number of methoxy groups -OCH3 is 2. The van der Waals surface area contributed by atoms with Crippen LogP contribution in [0.2, 0.25) is 0 Å². The average Bonchev–Trinajstić information content (AvgIpc) is 3.28. The molecule has 0 aromatic heterocycles. The fourth-order valence-corrected chi connectivity index (χ4v) is 6.54. The van der Waals surface area contributed by atoms with Crippen molar-refractivity contribution in [3.05, 3.63) is 89.5 Å². The minimum Gasteiger partial charge on any atom is -0.467 e. The van der Waals surface area contributed by atoms with E-state index in [1.54, 1.807) is 6.08 Å². The molecule has 5 rings (SSSR count). The van der Waals surface area contributed by atoms with Crippen molar-refractivity contribution in [3.8, 4) is 0 Å². The number of Topliss-reactive ketones (excluding diaryl/α,β-unsaturated/α-hetero) is 1. The molecule has 2 aromatic carbocycles. The molecular formula is C27H25NO5. The van der Waals surface area contributed by atoms with Gasteiger partial charge in [-0.1, -0.05) is 60.7 Å². The number of carbonyl (C=O) groups is 3. The quantitative estimate of drug-likeness (QED) is 0.306. The average molecular weight is 443 g/mol. The van der Waals surface area contributed by atoms with Crippen molar-refractivity contribution in [2.45, 2.75) is 17.4 Å². The van der Waals surface area contributed by atoms with Gasteiger partial charge in [-0.25, -0.2) is 9.59 Å². The SMILES string of the molecule is C=CCN1C[C@@H]2Cc3ccccc3C3=C(C(=O)OC)C(=O)[C@@]1(C(=O)OC)[C@@]32c1ccccc1. The predicted molar refractivity (Wildman–Crippen MR) is 122 cm³/mol. The van der Waals surface area contributed by atoms with Crippen molar-refractivity contribution in [2.24, 2.45) is 5.92 Å². The van der Waals surface area contributed by atoms with Gasteiger partial charge in [0.25, 0.3) is 0 Å². The topological polar surface area (TPSA) is 72.9 Å². The van der Waals surface area contributed by atoms with Crippen LogP contribution in [0.3, 0.4) is 0 Å². The summed E-state index contributed by atoms with van der Waals surface area (Å²) >= 11 is 0. The van der Waals surface area contributed by atoms with Crippen LogP contribution >= 0.6 is 0 Å². The Morgan fingerprint density at radius 1 is 1.09 bits per heavy atom. The molecule has 33 heavy (non-hydrogen) atoms. The maximum absolute atomic E-state index is 14.4. The molecule has 0 spiro atoms. The maximum atomic E-state index is 14.4. The normalized spacial score (nSPS) is 27.7. The molecular weight excluding hydrogens is 418 g/mol. The second-order valence-corrected chi connectivity index (χ2v) is 8.70. The predicted octanol–water partition coefficient (Wildman–Crippen LogP) is 2.72. The number of likely N-dealkylation sites (tertiary alicyclic amines) is 1. The molecule has 1 fully saturated rings. The summed E-state index contributed by atoms with van der Waals surface area (Å²) in [6, 6.07) is 17.3. The molecule has 0 unspecified atom stereocenters. The third-order valence-electron chi connectivity index (χ3n) is 7.50. The molecule has 2 aromatic rings. The molecule has 0 amide bonds. The minimum atomic E-state index is -1.73. The van der Waals surface area contributed by atoms with Crippen molar-refractivity contribution in [3.63, 3.8) is 0 Å². The number of benzene rings is 2. The van der Waals surface area contributed by atoms with E-state index in [0.717, 1.165) is 16.7 Å². The third kappa shape index (κ3) is 2.39. The summed E-state index contributed by atoms with van der Waals surface area (Å²) in [6.07, 6.45) is 2.33. The lowest BCUT2D eigenvalue weighted by Crippen LogP contribution is -2.65. The summed E-state index contributed by atoms with van der Waals surface area (Å²) in [6.45, 7) is 4.64. The van der Waals surface area contributed by atoms with E-state index in [9.17, 15) is 14.4 Å². The number of carbonyl (C=O) groups excluding carboxylic acids is 3. The maximum Gasteiger partial charge on any atom is 0.341 e.